The molecule has 1 atom stereocenters. The number of nitro groups is 1. The topological polar surface area (TPSA) is 122 Å². The van der Waals surface area contributed by atoms with E-state index in [1.165, 1.54) is 6.92 Å². The third kappa shape index (κ3) is 3.14. The van der Waals surface area contributed by atoms with Gasteiger partial charge in [-0.25, -0.2) is 4.79 Å². The summed E-state index contributed by atoms with van der Waals surface area (Å²) in [5.74, 6) is -1.30. The van der Waals surface area contributed by atoms with Crippen molar-refractivity contribution in [2.24, 2.45) is 0 Å². The maximum atomic E-state index is 11.9. The van der Waals surface area contributed by atoms with Gasteiger partial charge in [-0.1, -0.05) is 18.2 Å². The third-order valence-electron chi connectivity index (χ3n) is 3.07. The lowest BCUT2D eigenvalue weighted by Crippen LogP contribution is -2.08. The molecule has 0 radical (unpaired) electrons. The van der Waals surface area contributed by atoms with Crippen LogP contribution in [0.3, 0.4) is 0 Å². The van der Waals surface area contributed by atoms with Gasteiger partial charge in [-0.3, -0.25) is 10.1 Å². The summed E-state index contributed by atoms with van der Waals surface area (Å²) in [5, 5.41) is 18.3. The molecule has 122 valence electrons. The van der Waals surface area contributed by atoms with Gasteiger partial charge in [0.25, 0.3) is 5.89 Å². The van der Waals surface area contributed by atoms with Crippen molar-refractivity contribution < 1.29 is 23.3 Å². The molecule has 0 aliphatic heterocycles. The normalized spacial score (nSPS) is 11.9. The summed E-state index contributed by atoms with van der Waals surface area (Å²) in [6.45, 7) is 1.54. The lowest BCUT2D eigenvalue weighted by Gasteiger charge is -2.07. The van der Waals surface area contributed by atoms with Crippen LogP contribution >= 0.6 is 0 Å². The summed E-state index contributed by atoms with van der Waals surface area (Å²) in [6.07, 6.45) is -0.841. The second-order valence-electron chi connectivity index (χ2n) is 4.75. The average molecular weight is 329 g/mol. The van der Waals surface area contributed by atoms with Crippen molar-refractivity contribution in [1.82, 2.24) is 10.2 Å². The van der Waals surface area contributed by atoms with Gasteiger partial charge in [-0.15, -0.1) is 10.2 Å². The van der Waals surface area contributed by atoms with E-state index in [-0.39, 0.29) is 11.7 Å². The lowest BCUT2D eigenvalue weighted by atomic mass is 10.2. The van der Waals surface area contributed by atoms with Gasteiger partial charge >= 0.3 is 11.9 Å². The van der Waals surface area contributed by atoms with Gasteiger partial charge in [0.15, 0.2) is 6.10 Å². The molecule has 3 rings (SSSR count). The molecule has 0 aliphatic carbocycles. The van der Waals surface area contributed by atoms with Crippen molar-refractivity contribution in [3.63, 3.8) is 0 Å². The molecule has 1 aromatic carbocycles. The van der Waals surface area contributed by atoms with E-state index in [0.29, 0.717) is 5.89 Å². The Morgan fingerprint density at radius 2 is 1.92 bits per heavy atom. The minimum absolute atomic E-state index is 0.100. The second-order valence-corrected chi connectivity index (χ2v) is 4.75. The first-order chi connectivity index (χ1) is 11.5. The van der Waals surface area contributed by atoms with Crippen LogP contribution in [-0.4, -0.2) is 21.1 Å². The van der Waals surface area contributed by atoms with Crippen molar-refractivity contribution in [3.05, 3.63) is 64.2 Å². The van der Waals surface area contributed by atoms with E-state index in [0.717, 1.165) is 17.7 Å². The summed E-state index contributed by atoms with van der Waals surface area (Å²) < 4.78 is 15.4. The highest BCUT2D eigenvalue weighted by atomic mass is 16.7. The fraction of sp³-hybridized carbons (Fsp3) is 0.133. The highest BCUT2D eigenvalue weighted by Gasteiger charge is 2.23. The molecule has 0 unspecified atom stereocenters. The number of nitrogens with zero attached hydrogens (tertiary/aromatic N) is 3. The molecule has 3 aromatic rings. The summed E-state index contributed by atoms with van der Waals surface area (Å²) in [6, 6.07) is 11.3. The zero-order valence-electron chi connectivity index (χ0n) is 12.4. The lowest BCUT2D eigenvalue weighted by molar-refractivity contribution is -0.402. The Labute approximate surface area is 135 Å². The van der Waals surface area contributed by atoms with Crippen molar-refractivity contribution in [3.8, 4) is 11.5 Å². The number of benzene rings is 1. The molecule has 0 bridgehead atoms. The van der Waals surface area contributed by atoms with Crippen LogP contribution in [0.5, 0.6) is 0 Å². The second kappa shape index (κ2) is 6.32. The number of hydrogen-bond acceptors (Lipinski definition) is 8. The number of furan rings is 1. The van der Waals surface area contributed by atoms with E-state index >= 15 is 0 Å². The van der Waals surface area contributed by atoms with Crippen molar-refractivity contribution in [1.29, 1.82) is 0 Å². The standard InChI is InChI=1S/C15H11N3O6/c1-9(22-15(19)11-7-8-12(23-11)18(20)21)13-16-17-14(24-13)10-5-3-2-4-6-10/h2-9H,1H3/t9-/m0/s1. The molecule has 9 nitrogen and oxygen atoms in total. The molecule has 0 aliphatic rings. The maximum Gasteiger partial charge on any atom is 0.433 e. The van der Waals surface area contributed by atoms with Crippen LogP contribution in [0.15, 0.2) is 51.3 Å². The molecular weight excluding hydrogens is 318 g/mol. The monoisotopic (exact) mass is 329 g/mol. The zero-order chi connectivity index (χ0) is 17.1. The number of hydrogen-bond donors (Lipinski definition) is 0. The van der Waals surface area contributed by atoms with E-state index < -0.39 is 22.9 Å². The zero-order valence-corrected chi connectivity index (χ0v) is 12.4. The Hall–Kier alpha value is -3.49. The average Bonchev–Trinajstić information content (AvgIpc) is 3.25. The van der Waals surface area contributed by atoms with Crippen molar-refractivity contribution in [2.45, 2.75) is 13.0 Å². The van der Waals surface area contributed by atoms with Crippen molar-refractivity contribution >= 4 is 11.9 Å². The fourth-order valence-corrected chi connectivity index (χ4v) is 1.90. The molecule has 9 heteroatoms. The first kappa shape index (κ1) is 15.4. The van der Waals surface area contributed by atoms with E-state index in [2.05, 4.69) is 10.2 Å². The van der Waals surface area contributed by atoms with Gasteiger partial charge in [0.05, 0.1) is 6.07 Å². The summed E-state index contributed by atoms with van der Waals surface area (Å²) >= 11 is 0. The van der Waals surface area contributed by atoms with E-state index in [1.807, 2.05) is 18.2 Å². The summed E-state index contributed by atoms with van der Waals surface area (Å²) in [4.78, 5) is 21.7. The quantitative estimate of drug-likeness (QED) is 0.397. The Kier molecular flexibility index (Phi) is 4.06. The first-order valence-electron chi connectivity index (χ1n) is 6.88. The number of esters is 1. The number of ether oxygens (including phenoxy) is 1. The minimum Gasteiger partial charge on any atom is -0.447 e. The van der Waals surface area contributed by atoms with Gasteiger partial charge in [0.1, 0.15) is 4.92 Å². The first-order valence-corrected chi connectivity index (χ1v) is 6.88. The van der Waals surface area contributed by atoms with Gasteiger partial charge in [0.2, 0.25) is 11.7 Å². The minimum atomic E-state index is -0.866. The Balaban J connectivity index is 1.70. The van der Waals surface area contributed by atoms with Crippen LogP contribution in [0.1, 0.15) is 29.5 Å². The number of carbonyl (C=O) groups is 1. The third-order valence-corrected chi connectivity index (χ3v) is 3.07. The Morgan fingerprint density at radius 3 is 2.58 bits per heavy atom. The molecular formula is C15H11N3O6. The smallest absolute Gasteiger partial charge is 0.433 e. The highest BCUT2D eigenvalue weighted by molar-refractivity contribution is 5.86. The van der Waals surface area contributed by atoms with Crippen LogP contribution in [0, 0.1) is 10.1 Å². The molecule has 0 spiro atoms. The Bertz CT molecular complexity index is 870. The van der Waals surface area contributed by atoms with E-state index in [1.54, 1.807) is 12.1 Å². The molecule has 0 saturated carbocycles. The van der Waals surface area contributed by atoms with Crippen LogP contribution in [0.25, 0.3) is 11.5 Å². The van der Waals surface area contributed by atoms with Gasteiger partial charge in [-0.05, 0) is 25.1 Å². The van der Waals surface area contributed by atoms with Crippen LogP contribution in [0.4, 0.5) is 5.88 Å². The summed E-state index contributed by atoms with van der Waals surface area (Å²) in [7, 11) is 0. The van der Waals surface area contributed by atoms with Crippen LogP contribution in [0.2, 0.25) is 0 Å². The number of aromatic nitrogens is 2. The largest absolute Gasteiger partial charge is 0.447 e. The predicted molar refractivity (Wildman–Crippen MR) is 78.9 cm³/mol. The van der Waals surface area contributed by atoms with Gasteiger partial charge < -0.3 is 13.6 Å². The van der Waals surface area contributed by atoms with Crippen LogP contribution in [-0.2, 0) is 4.74 Å². The molecule has 24 heavy (non-hydrogen) atoms. The predicted octanol–water partition coefficient (Wildman–Crippen LogP) is 3.16. The van der Waals surface area contributed by atoms with E-state index in [9.17, 15) is 14.9 Å². The van der Waals surface area contributed by atoms with Crippen molar-refractivity contribution in [2.75, 3.05) is 0 Å². The van der Waals surface area contributed by atoms with Gasteiger partial charge in [0, 0.05) is 5.56 Å². The SMILES string of the molecule is C[C@H](OC(=O)c1ccc([N+](=O)[O-])o1)c1nnc(-c2ccccc2)o1. The number of rotatable bonds is 5. The molecule has 2 aromatic heterocycles. The fourth-order valence-electron chi connectivity index (χ4n) is 1.90. The number of carbonyl (C=O) groups excluding carboxylic acids is 1. The van der Waals surface area contributed by atoms with Gasteiger partial charge in [-0.2, -0.15) is 0 Å². The molecule has 0 N–H and O–H groups in total. The summed E-state index contributed by atoms with van der Waals surface area (Å²) in [5.41, 5.74) is 0.733. The molecule has 0 amide bonds. The molecule has 0 fully saturated rings. The molecule has 2 heterocycles. The maximum absolute atomic E-state index is 11.9. The highest BCUT2D eigenvalue weighted by Crippen LogP contribution is 2.24. The van der Waals surface area contributed by atoms with E-state index in [4.69, 9.17) is 13.6 Å². The van der Waals surface area contributed by atoms with Crippen LogP contribution < -0.4 is 0 Å². The molecule has 0 saturated heterocycles. The Morgan fingerprint density at radius 1 is 1.17 bits per heavy atom.